The van der Waals surface area contributed by atoms with E-state index in [4.69, 9.17) is 15.2 Å². The number of H-pyrrole nitrogens is 1. The summed E-state index contributed by atoms with van der Waals surface area (Å²) < 4.78 is 10.2. The third-order valence-corrected chi connectivity index (χ3v) is 1.98. The first kappa shape index (κ1) is 9.01. The van der Waals surface area contributed by atoms with Gasteiger partial charge in [0.1, 0.15) is 17.6 Å². The van der Waals surface area contributed by atoms with Gasteiger partial charge < -0.3 is 15.2 Å². The Morgan fingerprint density at radius 2 is 2.64 bits per heavy atom. The van der Waals surface area contributed by atoms with Crippen molar-refractivity contribution in [1.29, 1.82) is 0 Å². The number of aromatic nitrogens is 2. The Bertz CT molecular complexity index is 330. The van der Waals surface area contributed by atoms with Gasteiger partial charge in [-0.15, -0.1) is 0 Å². The Morgan fingerprint density at radius 1 is 1.79 bits per heavy atom. The molecule has 1 aromatic heterocycles. The number of rotatable bonds is 2. The number of carbonyl (C=O) groups excluding carboxylic acids is 1. The summed E-state index contributed by atoms with van der Waals surface area (Å²) in [5, 5.41) is 6.12. The maximum Gasteiger partial charge on any atom is 0.356 e. The minimum Gasteiger partial charge on any atom is -0.455 e. The summed E-state index contributed by atoms with van der Waals surface area (Å²) in [6.07, 6.45) is 0.599. The monoisotopic (exact) mass is 197 g/mol. The van der Waals surface area contributed by atoms with E-state index in [9.17, 15) is 4.79 Å². The largest absolute Gasteiger partial charge is 0.455 e. The molecule has 3 N–H and O–H groups in total. The van der Waals surface area contributed by atoms with Gasteiger partial charge >= 0.3 is 5.97 Å². The van der Waals surface area contributed by atoms with Crippen molar-refractivity contribution in [3.05, 3.63) is 11.8 Å². The number of esters is 1. The summed E-state index contributed by atoms with van der Waals surface area (Å²) >= 11 is 0. The average Bonchev–Trinajstić information content (AvgIpc) is 2.75. The van der Waals surface area contributed by atoms with Crippen LogP contribution in [-0.2, 0) is 9.47 Å². The predicted molar refractivity (Wildman–Crippen MR) is 47.6 cm³/mol. The van der Waals surface area contributed by atoms with E-state index in [2.05, 4.69) is 10.2 Å². The number of carbonyl (C=O) groups is 1. The molecule has 0 aliphatic carbocycles. The van der Waals surface area contributed by atoms with Gasteiger partial charge in [-0.3, -0.25) is 5.10 Å². The highest BCUT2D eigenvalue weighted by molar-refractivity contribution is 5.88. The Kier molecular flexibility index (Phi) is 2.36. The zero-order chi connectivity index (χ0) is 9.97. The zero-order valence-electron chi connectivity index (χ0n) is 7.53. The van der Waals surface area contributed by atoms with Crippen LogP contribution in [0.4, 0.5) is 5.82 Å². The van der Waals surface area contributed by atoms with Gasteiger partial charge in [-0.1, -0.05) is 0 Å². The predicted octanol–water partition coefficient (Wildman–Crippen LogP) is -0.0624. The minimum atomic E-state index is -0.440. The van der Waals surface area contributed by atoms with E-state index in [1.54, 1.807) is 0 Å². The number of anilines is 1. The van der Waals surface area contributed by atoms with Gasteiger partial charge in [0.15, 0.2) is 0 Å². The van der Waals surface area contributed by atoms with Gasteiger partial charge in [-0.25, -0.2) is 4.79 Å². The molecule has 0 saturated carbocycles. The highest BCUT2D eigenvalue weighted by Crippen LogP contribution is 2.11. The number of nitrogen functional groups attached to an aromatic ring is 1. The lowest BCUT2D eigenvalue weighted by Gasteiger charge is -2.07. The molecule has 0 radical (unpaired) electrons. The average molecular weight is 197 g/mol. The number of nitrogens with zero attached hydrogens (tertiary/aromatic N) is 1. The number of nitrogens with one attached hydrogen (secondary N) is 1. The third-order valence-electron chi connectivity index (χ3n) is 1.98. The number of ether oxygens (including phenoxy) is 2. The second kappa shape index (κ2) is 3.67. The summed E-state index contributed by atoms with van der Waals surface area (Å²) in [6.45, 7) is 1.11. The molecule has 1 aliphatic rings. The highest BCUT2D eigenvalue weighted by Gasteiger charge is 2.21. The lowest BCUT2D eigenvalue weighted by atomic mass is 10.3. The van der Waals surface area contributed by atoms with Crippen molar-refractivity contribution in [2.45, 2.75) is 12.5 Å². The molecule has 1 unspecified atom stereocenters. The fraction of sp³-hybridized carbons (Fsp3) is 0.500. The Labute approximate surface area is 80.4 Å². The topological polar surface area (TPSA) is 90.2 Å². The van der Waals surface area contributed by atoms with Crippen molar-refractivity contribution >= 4 is 11.8 Å². The quantitative estimate of drug-likeness (QED) is 0.648. The van der Waals surface area contributed by atoms with Crippen molar-refractivity contribution in [3.8, 4) is 0 Å². The molecule has 1 saturated heterocycles. The first-order valence-electron chi connectivity index (χ1n) is 4.35. The van der Waals surface area contributed by atoms with E-state index in [-0.39, 0.29) is 17.6 Å². The van der Waals surface area contributed by atoms with Gasteiger partial charge in [0.25, 0.3) is 0 Å². The summed E-state index contributed by atoms with van der Waals surface area (Å²) in [6, 6.07) is 1.44. The Morgan fingerprint density at radius 3 is 3.21 bits per heavy atom. The van der Waals surface area contributed by atoms with Crippen LogP contribution in [0.1, 0.15) is 16.9 Å². The van der Waals surface area contributed by atoms with Crippen molar-refractivity contribution in [2.24, 2.45) is 0 Å². The van der Waals surface area contributed by atoms with Crippen molar-refractivity contribution in [3.63, 3.8) is 0 Å². The first-order chi connectivity index (χ1) is 6.75. The Hall–Kier alpha value is -1.56. The Balaban J connectivity index is 1.95. The molecule has 2 heterocycles. The van der Waals surface area contributed by atoms with E-state index in [1.807, 2.05) is 0 Å². The van der Waals surface area contributed by atoms with Gasteiger partial charge in [-0.2, -0.15) is 5.10 Å². The summed E-state index contributed by atoms with van der Waals surface area (Å²) in [5.41, 5.74) is 5.62. The van der Waals surface area contributed by atoms with E-state index in [0.717, 1.165) is 6.42 Å². The fourth-order valence-electron chi connectivity index (χ4n) is 1.26. The zero-order valence-corrected chi connectivity index (χ0v) is 7.53. The first-order valence-corrected chi connectivity index (χ1v) is 4.35. The molecule has 0 spiro atoms. The summed E-state index contributed by atoms with van der Waals surface area (Å²) in [5.74, 6) is -0.163. The minimum absolute atomic E-state index is 0.146. The number of aromatic amines is 1. The van der Waals surface area contributed by atoms with Gasteiger partial charge in [0.2, 0.25) is 0 Å². The van der Waals surface area contributed by atoms with E-state index >= 15 is 0 Å². The molecular weight excluding hydrogens is 186 g/mol. The molecule has 14 heavy (non-hydrogen) atoms. The molecule has 0 aromatic carbocycles. The second-order valence-corrected chi connectivity index (χ2v) is 3.10. The highest BCUT2D eigenvalue weighted by atomic mass is 16.6. The number of hydrogen-bond donors (Lipinski definition) is 2. The van der Waals surface area contributed by atoms with E-state index in [1.165, 1.54) is 6.07 Å². The lowest BCUT2D eigenvalue weighted by Crippen LogP contribution is -2.18. The standard InChI is InChI=1S/C8H11N3O3/c9-7-3-6(10-11-7)8(12)14-5-1-2-13-4-5/h3,5H,1-2,4H2,(H3,9,10,11). The molecule has 0 bridgehead atoms. The summed E-state index contributed by atoms with van der Waals surface area (Å²) in [7, 11) is 0. The molecule has 2 rings (SSSR count). The maximum absolute atomic E-state index is 11.4. The van der Waals surface area contributed by atoms with Crippen LogP contribution >= 0.6 is 0 Å². The fourth-order valence-corrected chi connectivity index (χ4v) is 1.26. The molecule has 0 amide bonds. The van der Waals surface area contributed by atoms with Crippen LogP contribution in [0.5, 0.6) is 0 Å². The van der Waals surface area contributed by atoms with Crippen LogP contribution in [0.3, 0.4) is 0 Å². The number of hydrogen-bond acceptors (Lipinski definition) is 5. The smallest absolute Gasteiger partial charge is 0.356 e. The third kappa shape index (κ3) is 1.85. The van der Waals surface area contributed by atoms with Crippen molar-refractivity contribution in [1.82, 2.24) is 10.2 Å². The SMILES string of the molecule is Nc1cc(C(=O)OC2CCOC2)[nH]n1. The van der Waals surface area contributed by atoms with Crippen molar-refractivity contribution in [2.75, 3.05) is 18.9 Å². The molecule has 1 atom stereocenters. The van der Waals surface area contributed by atoms with Crippen LogP contribution in [0, 0.1) is 0 Å². The van der Waals surface area contributed by atoms with Crippen LogP contribution in [0.15, 0.2) is 6.07 Å². The second-order valence-electron chi connectivity index (χ2n) is 3.10. The van der Waals surface area contributed by atoms with Crippen LogP contribution in [0.25, 0.3) is 0 Å². The van der Waals surface area contributed by atoms with Gasteiger partial charge in [0, 0.05) is 12.5 Å². The van der Waals surface area contributed by atoms with E-state index < -0.39 is 5.97 Å². The van der Waals surface area contributed by atoms with Crippen LogP contribution in [-0.4, -0.2) is 35.5 Å². The maximum atomic E-state index is 11.4. The van der Waals surface area contributed by atoms with Crippen molar-refractivity contribution < 1.29 is 14.3 Å². The lowest BCUT2D eigenvalue weighted by molar-refractivity contribution is 0.0264. The summed E-state index contributed by atoms with van der Waals surface area (Å²) in [4.78, 5) is 11.4. The molecule has 1 fully saturated rings. The molecule has 1 aromatic rings. The van der Waals surface area contributed by atoms with Crippen LogP contribution in [0.2, 0.25) is 0 Å². The molecular formula is C8H11N3O3. The van der Waals surface area contributed by atoms with E-state index in [0.29, 0.717) is 13.2 Å². The molecule has 1 aliphatic heterocycles. The molecule has 6 nitrogen and oxygen atoms in total. The van der Waals surface area contributed by atoms with Gasteiger partial charge in [-0.05, 0) is 0 Å². The normalized spacial score (nSPS) is 21.0. The van der Waals surface area contributed by atoms with Crippen LogP contribution < -0.4 is 5.73 Å². The molecule has 76 valence electrons. The molecule has 6 heteroatoms. The number of nitrogens with two attached hydrogens (primary N) is 1. The van der Waals surface area contributed by atoms with Gasteiger partial charge in [0.05, 0.1) is 13.2 Å².